The van der Waals surface area contributed by atoms with Crippen LogP contribution in [-0.2, 0) is 9.59 Å². The second-order valence-corrected chi connectivity index (χ2v) is 5.55. The second-order valence-electron chi connectivity index (χ2n) is 5.55. The van der Waals surface area contributed by atoms with E-state index in [4.69, 9.17) is 0 Å². The lowest BCUT2D eigenvalue weighted by Crippen LogP contribution is -2.37. The standard InChI is InChI=1S/C17H14N4O2/c22-14-6-5-12(20-14)17(23)21-13-9-10-3-1-7-18-15(10)16-11(13)4-2-8-19-16/h1-4,7-9,12H,5-6H2,(H,20,22)(H,21,23). The normalized spacial score (nSPS) is 17.4. The predicted molar refractivity (Wildman–Crippen MR) is 86.8 cm³/mol. The summed E-state index contributed by atoms with van der Waals surface area (Å²) in [5.41, 5.74) is 2.23. The Labute approximate surface area is 131 Å². The highest BCUT2D eigenvalue weighted by molar-refractivity contribution is 6.12. The van der Waals surface area contributed by atoms with Gasteiger partial charge in [-0.15, -0.1) is 0 Å². The van der Waals surface area contributed by atoms with Crippen molar-refractivity contribution < 1.29 is 9.59 Å². The largest absolute Gasteiger partial charge is 0.344 e. The Kier molecular flexibility index (Phi) is 3.15. The summed E-state index contributed by atoms with van der Waals surface area (Å²) in [5.74, 6) is -0.288. The van der Waals surface area contributed by atoms with Gasteiger partial charge in [-0.1, -0.05) is 6.07 Å². The number of nitrogens with zero attached hydrogens (tertiary/aromatic N) is 2. The molecule has 6 nitrogen and oxygen atoms in total. The van der Waals surface area contributed by atoms with Crippen LogP contribution in [0.2, 0.25) is 0 Å². The molecule has 6 heteroatoms. The number of hydrogen-bond donors (Lipinski definition) is 2. The first-order valence-corrected chi connectivity index (χ1v) is 7.45. The Balaban J connectivity index is 1.79. The first kappa shape index (κ1) is 13.6. The molecule has 0 aliphatic carbocycles. The molecule has 2 N–H and O–H groups in total. The first-order chi connectivity index (χ1) is 11.2. The van der Waals surface area contributed by atoms with Crippen LogP contribution in [0.5, 0.6) is 0 Å². The number of carbonyl (C=O) groups excluding carboxylic acids is 2. The van der Waals surface area contributed by atoms with Crippen LogP contribution in [0.4, 0.5) is 5.69 Å². The van der Waals surface area contributed by atoms with Gasteiger partial charge in [0, 0.05) is 29.6 Å². The minimum atomic E-state index is -0.473. The molecule has 0 saturated carbocycles. The molecule has 114 valence electrons. The second kappa shape index (κ2) is 5.31. The first-order valence-electron chi connectivity index (χ1n) is 7.45. The Bertz CT molecular complexity index is 938. The zero-order valence-corrected chi connectivity index (χ0v) is 12.2. The molecule has 0 spiro atoms. The van der Waals surface area contributed by atoms with Crippen LogP contribution in [0.1, 0.15) is 12.8 Å². The summed E-state index contributed by atoms with van der Waals surface area (Å²) in [7, 11) is 0. The zero-order chi connectivity index (χ0) is 15.8. The molecule has 1 aliphatic rings. The summed E-state index contributed by atoms with van der Waals surface area (Å²) in [6.45, 7) is 0. The van der Waals surface area contributed by atoms with E-state index in [2.05, 4.69) is 20.6 Å². The van der Waals surface area contributed by atoms with Gasteiger partial charge < -0.3 is 10.6 Å². The SMILES string of the molecule is O=C1CCC(C(=O)Nc2cc3cccnc3c3ncccc23)N1. The van der Waals surface area contributed by atoms with E-state index < -0.39 is 6.04 Å². The Morgan fingerprint density at radius 3 is 2.74 bits per heavy atom. The lowest BCUT2D eigenvalue weighted by Gasteiger charge is -2.13. The number of anilines is 1. The molecular formula is C17H14N4O2. The summed E-state index contributed by atoms with van der Waals surface area (Å²) in [5, 5.41) is 7.34. The van der Waals surface area contributed by atoms with Crippen molar-refractivity contribution in [2.45, 2.75) is 18.9 Å². The summed E-state index contributed by atoms with van der Waals surface area (Å²) in [6, 6.07) is 8.92. The number of hydrogen-bond acceptors (Lipinski definition) is 4. The van der Waals surface area contributed by atoms with Gasteiger partial charge in [0.15, 0.2) is 0 Å². The highest BCUT2D eigenvalue weighted by Gasteiger charge is 2.27. The topological polar surface area (TPSA) is 84.0 Å². The summed E-state index contributed by atoms with van der Waals surface area (Å²) >= 11 is 0. The monoisotopic (exact) mass is 306 g/mol. The van der Waals surface area contributed by atoms with E-state index >= 15 is 0 Å². The predicted octanol–water partition coefficient (Wildman–Crippen LogP) is 2.00. The third-order valence-electron chi connectivity index (χ3n) is 4.03. The number of fused-ring (bicyclic) bond motifs is 3. The maximum absolute atomic E-state index is 12.4. The lowest BCUT2D eigenvalue weighted by atomic mass is 10.1. The molecule has 0 bridgehead atoms. The van der Waals surface area contributed by atoms with E-state index in [9.17, 15) is 9.59 Å². The van der Waals surface area contributed by atoms with Crippen molar-refractivity contribution in [3.8, 4) is 0 Å². The lowest BCUT2D eigenvalue weighted by molar-refractivity contribution is -0.122. The molecular weight excluding hydrogens is 292 g/mol. The average molecular weight is 306 g/mol. The van der Waals surface area contributed by atoms with Crippen molar-refractivity contribution in [1.82, 2.24) is 15.3 Å². The van der Waals surface area contributed by atoms with Crippen molar-refractivity contribution in [3.05, 3.63) is 42.7 Å². The number of amides is 2. The maximum atomic E-state index is 12.4. The van der Waals surface area contributed by atoms with E-state index in [0.717, 1.165) is 21.8 Å². The molecule has 3 aromatic rings. The molecule has 1 aliphatic heterocycles. The Morgan fingerprint density at radius 2 is 1.96 bits per heavy atom. The number of benzene rings is 1. The van der Waals surface area contributed by atoms with Gasteiger partial charge in [-0.2, -0.15) is 0 Å². The van der Waals surface area contributed by atoms with Gasteiger partial charge in [0.25, 0.3) is 0 Å². The molecule has 2 amide bonds. The van der Waals surface area contributed by atoms with Gasteiger partial charge in [-0.05, 0) is 30.7 Å². The number of pyridine rings is 2. The summed E-state index contributed by atoms with van der Waals surface area (Å²) < 4.78 is 0. The van der Waals surface area contributed by atoms with Gasteiger partial charge in [-0.25, -0.2) is 0 Å². The molecule has 2 aromatic heterocycles. The van der Waals surface area contributed by atoms with Crippen LogP contribution in [0.25, 0.3) is 21.8 Å². The number of nitrogens with one attached hydrogen (secondary N) is 2. The fourth-order valence-corrected chi connectivity index (χ4v) is 2.91. The number of rotatable bonds is 2. The fraction of sp³-hybridized carbons (Fsp3) is 0.176. The molecule has 1 atom stereocenters. The van der Waals surface area contributed by atoms with Crippen LogP contribution in [0, 0.1) is 0 Å². The van der Waals surface area contributed by atoms with Crippen LogP contribution in [0.15, 0.2) is 42.7 Å². The molecule has 1 unspecified atom stereocenters. The Morgan fingerprint density at radius 1 is 1.17 bits per heavy atom. The summed E-state index contributed by atoms with van der Waals surface area (Å²) in [6.07, 6.45) is 4.35. The molecule has 0 radical (unpaired) electrons. The molecule has 1 saturated heterocycles. The molecule has 23 heavy (non-hydrogen) atoms. The molecule has 1 aromatic carbocycles. The summed E-state index contributed by atoms with van der Waals surface area (Å²) in [4.78, 5) is 32.5. The number of carbonyl (C=O) groups is 2. The molecule has 3 heterocycles. The van der Waals surface area contributed by atoms with Gasteiger partial charge in [0.05, 0.1) is 16.7 Å². The van der Waals surface area contributed by atoms with E-state index in [1.54, 1.807) is 12.4 Å². The van der Waals surface area contributed by atoms with Crippen molar-refractivity contribution in [2.75, 3.05) is 5.32 Å². The fourth-order valence-electron chi connectivity index (χ4n) is 2.91. The minimum Gasteiger partial charge on any atom is -0.344 e. The van der Waals surface area contributed by atoms with Crippen LogP contribution < -0.4 is 10.6 Å². The van der Waals surface area contributed by atoms with Gasteiger partial charge >= 0.3 is 0 Å². The van der Waals surface area contributed by atoms with Crippen molar-refractivity contribution in [1.29, 1.82) is 0 Å². The van der Waals surface area contributed by atoms with E-state index in [1.807, 2.05) is 30.3 Å². The van der Waals surface area contributed by atoms with Gasteiger partial charge in [0.2, 0.25) is 11.8 Å². The van der Waals surface area contributed by atoms with Crippen molar-refractivity contribution in [2.24, 2.45) is 0 Å². The van der Waals surface area contributed by atoms with Crippen molar-refractivity contribution >= 4 is 39.3 Å². The third-order valence-corrected chi connectivity index (χ3v) is 4.03. The average Bonchev–Trinajstić information content (AvgIpc) is 3.02. The maximum Gasteiger partial charge on any atom is 0.246 e. The highest BCUT2D eigenvalue weighted by atomic mass is 16.2. The highest BCUT2D eigenvalue weighted by Crippen LogP contribution is 2.29. The smallest absolute Gasteiger partial charge is 0.246 e. The Hall–Kier alpha value is -3.02. The van der Waals surface area contributed by atoms with E-state index in [-0.39, 0.29) is 11.8 Å². The van der Waals surface area contributed by atoms with Crippen molar-refractivity contribution in [3.63, 3.8) is 0 Å². The quantitative estimate of drug-likeness (QED) is 0.709. The van der Waals surface area contributed by atoms with Crippen LogP contribution in [0.3, 0.4) is 0 Å². The van der Waals surface area contributed by atoms with E-state index in [1.165, 1.54) is 0 Å². The zero-order valence-electron chi connectivity index (χ0n) is 12.2. The van der Waals surface area contributed by atoms with Gasteiger partial charge in [-0.3, -0.25) is 19.6 Å². The minimum absolute atomic E-state index is 0.0839. The molecule has 4 rings (SSSR count). The van der Waals surface area contributed by atoms with E-state index in [0.29, 0.717) is 18.5 Å². The third kappa shape index (κ3) is 2.38. The van der Waals surface area contributed by atoms with Crippen LogP contribution in [-0.4, -0.2) is 27.8 Å². The van der Waals surface area contributed by atoms with Crippen LogP contribution >= 0.6 is 0 Å². The van der Waals surface area contributed by atoms with Gasteiger partial charge in [0.1, 0.15) is 6.04 Å². The number of aromatic nitrogens is 2. The molecule has 1 fully saturated rings.